The van der Waals surface area contributed by atoms with Gasteiger partial charge in [-0.2, -0.15) is 0 Å². The molecule has 0 saturated carbocycles. The van der Waals surface area contributed by atoms with E-state index in [1.807, 2.05) is 32.9 Å². The van der Waals surface area contributed by atoms with Crippen molar-refractivity contribution in [3.63, 3.8) is 0 Å². The van der Waals surface area contributed by atoms with Crippen LogP contribution in [-0.2, 0) is 10.1 Å². The van der Waals surface area contributed by atoms with Gasteiger partial charge in [0.15, 0.2) is 11.6 Å². The van der Waals surface area contributed by atoms with Crippen molar-refractivity contribution in [2.45, 2.75) is 25.7 Å². The van der Waals surface area contributed by atoms with Gasteiger partial charge in [0.2, 0.25) is 0 Å². The Morgan fingerprint density at radius 2 is 1.26 bits per heavy atom. The normalized spacial score (nSPS) is 12.8. The molecule has 152 valence electrons. The number of rotatable bonds is 2. The molecule has 0 spiro atoms. The van der Waals surface area contributed by atoms with Crippen LogP contribution in [0.1, 0.15) is 48.5 Å². The minimum Gasteiger partial charge on any atom is -0.744 e. The number of anilines is 1. The Balaban J connectivity index is 0.00000272. The number of carbonyl (C=O) groups excluding carboxylic acids is 2. The molecule has 3 aromatic rings. The van der Waals surface area contributed by atoms with Crippen LogP contribution in [-0.4, -0.2) is 24.5 Å². The molecule has 0 amide bonds. The van der Waals surface area contributed by atoms with Crippen LogP contribution < -0.4 is 35.3 Å². The van der Waals surface area contributed by atoms with Gasteiger partial charge in [-0.15, -0.1) is 0 Å². The summed E-state index contributed by atoms with van der Waals surface area (Å²) in [4.78, 5) is 25.9. The molecule has 0 unspecified atom stereocenters. The molecule has 31 heavy (non-hydrogen) atoms. The summed E-state index contributed by atoms with van der Waals surface area (Å²) in [5.41, 5.74) is 9.03. The Hall–Kier alpha value is -2.29. The molecule has 1 aliphatic rings. The van der Waals surface area contributed by atoms with Gasteiger partial charge >= 0.3 is 29.6 Å². The third kappa shape index (κ3) is 3.66. The largest absolute Gasteiger partial charge is 1.00 e. The van der Waals surface area contributed by atoms with Crippen molar-refractivity contribution in [3.05, 3.63) is 81.4 Å². The quantitative estimate of drug-likeness (QED) is 0.275. The Morgan fingerprint density at radius 3 is 1.74 bits per heavy atom. The topological polar surface area (TPSA) is 117 Å². The van der Waals surface area contributed by atoms with Crippen molar-refractivity contribution >= 4 is 27.4 Å². The molecule has 8 heteroatoms. The van der Waals surface area contributed by atoms with Crippen molar-refractivity contribution in [3.8, 4) is 11.1 Å². The fourth-order valence-electron chi connectivity index (χ4n) is 4.30. The van der Waals surface area contributed by atoms with E-state index in [9.17, 15) is 22.6 Å². The average Bonchev–Trinajstić information content (AvgIpc) is 2.65. The first-order chi connectivity index (χ1) is 14.0. The summed E-state index contributed by atoms with van der Waals surface area (Å²) in [6.07, 6.45) is 0. The second kappa shape index (κ2) is 8.00. The number of ketones is 2. The Morgan fingerprint density at radius 1 is 0.774 bits per heavy atom. The van der Waals surface area contributed by atoms with E-state index in [-0.39, 0.29) is 57.4 Å². The summed E-state index contributed by atoms with van der Waals surface area (Å²) in [6, 6.07) is 11.2. The van der Waals surface area contributed by atoms with Crippen LogP contribution in [0.5, 0.6) is 0 Å². The second-order valence-electron chi connectivity index (χ2n) is 7.52. The number of hydrogen-bond donors (Lipinski definition) is 1. The number of aryl methyl sites for hydroxylation is 3. The molecule has 0 saturated heterocycles. The molecule has 0 aliphatic heterocycles. The zero-order chi connectivity index (χ0) is 22.0. The van der Waals surface area contributed by atoms with Gasteiger partial charge in [0.1, 0.15) is 10.1 Å². The van der Waals surface area contributed by atoms with Crippen LogP contribution >= 0.6 is 0 Å². The second-order valence-corrected chi connectivity index (χ2v) is 8.87. The predicted octanol–water partition coefficient (Wildman–Crippen LogP) is 0.545. The van der Waals surface area contributed by atoms with Gasteiger partial charge in [-0.25, -0.2) is 8.42 Å². The van der Waals surface area contributed by atoms with Crippen LogP contribution in [0.25, 0.3) is 11.1 Å². The summed E-state index contributed by atoms with van der Waals surface area (Å²) in [7, 11) is -4.99. The van der Waals surface area contributed by atoms with E-state index in [0.717, 1.165) is 22.8 Å². The molecule has 0 fully saturated rings. The van der Waals surface area contributed by atoms with Gasteiger partial charge in [0.05, 0.1) is 16.1 Å². The fraction of sp³-hybridized carbons (Fsp3) is 0.130. The molecule has 0 heterocycles. The smallest absolute Gasteiger partial charge is 0.744 e. The maximum atomic E-state index is 13.4. The minimum atomic E-state index is -4.99. The van der Waals surface area contributed by atoms with Crippen molar-refractivity contribution < 1.29 is 52.1 Å². The molecule has 3 aromatic carbocycles. The fourth-order valence-corrected chi connectivity index (χ4v) is 4.94. The Bertz CT molecular complexity index is 1370. The first-order valence-corrected chi connectivity index (χ1v) is 10.6. The van der Waals surface area contributed by atoms with Crippen LogP contribution in [0.4, 0.5) is 5.69 Å². The van der Waals surface area contributed by atoms with Gasteiger partial charge in [-0.3, -0.25) is 9.59 Å². The molecule has 0 atom stereocenters. The van der Waals surface area contributed by atoms with Crippen LogP contribution in [0.2, 0.25) is 0 Å². The van der Waals surface area contributed by atoms with Crippen LogP contribution in [0.15, 0.2) is 47.4 Å². The van der Waals surface area contributed by atoms with Crippen LogP contribution in [0, 0.1) is 20.8 Å². The Kier molecular flexibility index (Phi) is 6.03. The van der Waals surface area contributed by atoms with E-state index in [1.165, 1.54) is 6.07 Å². The monoisotopic (exact) mass is 443 g/mol. The van der Waals surface area contributed by atoms with E-state index in [0.29, 0.717) is 5.56 Å². The summed E-state index contributed by atoms with van der Waals surface area (Å²) in [5, 5.41) is 0. The zero-order valence-corrected chi connectivity index (χ0v) is 20.4. The molecule has 1 aliphatic carbocycles. The summed E-state index contributed by atoms with van der Waals surface area (Å²) < 4.78 is 35.8. The zero-order valence-electron chi connectivity index (χ0n) is 17.6. The average molecular weight is 443 g/mol. The summed E-state index contributed by atoms with van der Waals surface area (Å²) >= 11 is 0. The maximum Gasteiger partial charge on any atom is 1.00 e. The molecule has 6 nitrogen and oxygen atoms in total. The van der Waals surface area contributed by atoms with Gasteiger partial charge in [-0.1, -0.05) is 42.0 Å². The molecule has 2 N–H and O–H groups in total. The molecular formula is C23H18NNaO5S. The molecule has 0 aromatic heterocycles. The van der Waals surface area contributed by atoms with E-state index < -0.39 is 32.3 Å². The minimum absolute atomic E-state index is 0. The maximum absolute atomic E-state index is 13.4. The number of fused-ring (bicyclic) bond motifs is 2. The molecule has 0 bridgehead atoms. The van der Waals surface area contributed by atoms with Crippen molar-refractivity contribution in [1.29, 1.82) is 0 Å². The van der Waals surface area contributed by atoms with Gasteiger partial charge in [0.25, 0.3) is 0 Å². The van der Waals surface area contributed by atoms with E-state index in [2.05, 4.69) is 0 Å². The van der Waals surface area contributed by atoms with Crippen LogP contribution in [0.3, 0.4) is 0 Å². The van der Waals surface area contributed by atoms with Crippen molar-refractivity contribution in [1.82, 2.24) is 0 Å². The van der Waals surface area contributed by atoms with E-state index in [4.69, 9.17) is 5.73 Å². The number of benzene rings is 3. The number of hydrogen-bond acceptors (Lipinski definition) is 6. The van der Waals surface area contributed by atoms with Gasteiger partial charge in [0, 0.05) is 16.7 Å². The summed E-state index contributed by atoms with van der Waals surface area (Å²) in [5.74, 6) is -1.01. The standard InChI is InChI=1S/C23H19NO5S.Na/c1-11-8-12(2)18(13(3)9-11)16-10-17(30(27,28)29)21(24)20-19(16)22(25)14-6-4-5-7-15(14)23(20)26;/h4-10H,24H2,1-3H3,(H,27,28,29);/q;+1/p-1. The first-order valence-electron chi connectivity index (χ1n) is 9.21. The van der Waals surface area contributed by atoms with E-state index >= 15 is 0 Å². The molecule has 4 rings (SSSR count). The van der Waals surface area contributed by atoms with Gasteiger partial charge < -0.3 is 10.3 Å². The number of nitrogens with two attached hydrogens (primary N) is 1. The SMILES string of the molecule is Cc1cc(C)c(-c2cc(S(=O)(=O)[O-])c(N)c3c2C(=O)c2ccccc2C3=O)c(C)c1.[Na+]. The first kappa shape index (κ1) is 23.4. The molecular weight excluding hydrogens is 425 g/mol. The number of nitrogen functional groups attached to an aromatic ring is 1. The Labute approximate surface area is 202 Å². The van der Waals surface area contributed by atoms with Gasteiger partial charge in [-0.05, 0) is 49.1 Å². The summed E-state index contributed by atoms with van der Waals surface area (Å²) in [6.45, 7) is 5.57. The van der Waals surface area contributed by atoms with E-state index in [1.54, 1.807) is 18.2 Å². The van der Waals surface area contributed by atoms with Crippen molar-refractivity contribution in [2.75, 3.05) is 5.73 Å². The third-order valence-corrected chi connectivity index (χ3v) is 6.29. The molecule has 0 radical (unpaired) electrons. The third-order valence-electron chi connectivity index (χ3n) is 5.42. The predicted molar refractivity (Wildman–Crippen MR) is 112 cm³/mol. The van der Waals surface area contributed by atoms with Crippen molar-refractivity contribution in [2.24, 2.45) is 0 Å². The number of carbonyl (C=O) groups is 2.